The van der Waals surface area contributed by atoms with Crippen LogP contribution in [0.5, 0.6) is 0 Å². The summed E-state index contributed by atoms with van der Waals surface area (Å²) in [4.78, 5) is 10.9. The summed E-state index contributed by atoms with van der Waals surface area (Å²) in [6.07, 6.45) is 2.06. The zero-order valence-electron chi connectivity index (χ0n) is 7.33. The highest BCUT2D eigenvalue weighted by molar-refractivity contribution is 6.64. The molecule has 0 fully saturated rings. The molecule has 0 bridgehead atoms. The average Bonchev–Trinajstić information content (AvgIpc) is 2.56. The summed E-state index contributed by atoms with van der Waals surface area (Å²) in [5.74, 6) is 0.425. The third-order valence-corrected chi connectivity index (χ3v) is 2.03. The Morgan fingerprint density at radius 2 is 2.54 bits per heavy atom. The lowest BCUT2D eigenvalue weighted by Gasteiger charge is -2.08. The van der Waals surface area contributed by atoms with Crippen molar-refractivity contribution < 1.29 is 13.9 Å². The lowest BCUT2D eigenvalue weighted by atomic mass is 10.1. The van der Waals surface area contributed by atoms with Crippen LogP contribution in [0.25, 0.3) is 0 Å². The highest BCUT2D eigenvalue weighted by Crippen LogP contribution is 2.12. The quantitative estimate of drug-likeness (QED) is 0.685. The Balaban J connectivity index is 2.52. The van der Waals surface area contributed by atoms with Crippen LogP contribution in [0.3, 0.4) is 0 Å². The third kappa shape index (κ3) is 3.20. The molecule has 0 aliphatic rings. The minimum Gasteiger partial charge on any atom is -0.469 e. The maximum absolute atomic E-state index is 10.9. The first-order chi connectivity index (χ1) is 6.24. The Morgan fingerprint density at radius 1 is 1.77 bits per heavy atom. The molecule has 1 unspecified atom stereocenters. The molecule has 0 aliphatic carbocycles. The van der Waals surface area contributed by atoms with Gasteiger partial charge in [0.15, 0.2) is 0 Å². The van der Waals surface area contributed by atoms with Crippen molar-refractivity contribution in [2.24, 2.45) is 5.92 Å². The van der Waals surface area contributed by atoms with Crippen molar-refractivity contribution in [2.75, 3.05) is 13.7 Å². The van der Waals surface area contributed by atoms with E-state index in [-0.39, 0.29) is 5.92 Å². The maximum Gasteiger partial charge on any atom is 0.227 e. The second kappa shape index (κ2) is 5.04. The fourth-order valence-electron chi connectivity index (χ4n) is 1.08. The Labute approximate surface area is 81.6 Å². The number of rotatable bonds is 5. The fourth-order valence-corrected chi connectivity index (χ4v) is 1.22. The largest absolute Gasteiger partial charge is 0.469 e. The molecular weight excluding hydrogens is 192 g/mol. The van der Waals surface area contributed by atoms with E-state index in [4.69, 9.17) is 20.8 Å². The van der Waals surface area contributed by atoms with Crippen molar-refractivity contribution in [1.29, 1.82) is 0 Å². The first kappa shape index (κ1) is 10.3. The lowest BCUT2D eigenvalue weighted by molar-refractivity contribution is -0.116. The molecule has 1 atom stereocenters. The van der Waals surface area contributed by atoms with Gasteiger partial charge in [-0.1, -0.05) is 0 Å². The van der Waals surface area contributed by atoms with Gasteiger partial charge in [0.05, 0.1) is 18.8 Å². The molecule has 3 nitrogen and oxygen atoms in total. The SMILES string of the molecule is COCC(Cc1ccco1)C(=O)Cl. The summed E-state index contributed by atoms with van der Waals surface area (Å²) in [5.41, 5.74) is 0. The van der Waals surface area contributed by atoms with E-state index in [9.17, 15) is 4.79 Å². The van der Waals surface area contributed by atoms with Gasteiger partial charge < -0.3 is 9.15 Å². The zero-order valence-corrected chi connectivity index (χ0v) is 8.08. The average molecular weight is 203 g/mol. The summed E-state index contributed by atoms with van der Waals surface area (Å²) in [5, 5.41) is -0.391. The van der Waals surface area contributed by atoms with Crippen LogP contribution in [0.15, 0.2) is 22.8 Å². The van der Waals surface area contributed by atoms with Crippen molar-refractivity contribution in [1.82, 2.24) is 0 Å². The maximum atomic E-state index is 10.9. The van der Waals surface area contributed by atoms with Gasteiger partial charge in [-0.05, 0) is 23.7 Å². The second-order valence-electron chi connectivity index (χ2n) is 2.74. The molecule has 0 amide bonds. The molecule has 0 aromatic carbocycles. The van der Waals surface area contributed by atoms with Crippen molar-refractivity contribution >= 4 is 16.8 Å². The summed E-state index contributed by atoms with van der Waals surface area (Å²) >= 11 is 5.38. The monoisotopic (exact) mass is 202 g/mol. The molecule has 4 heteroatoms. The topological polar surface area (TPSA) is 39.4 Å². The molecular formula is C9H11ClO3. The number of carbonyl (C=O) groups is 1. The van der Waals surface area contributed by atoms with Gasteiger partial charge in [0.25, 0.3) is 0 Å². The molecule has 1 rings (SSSR count). The molecule has 0 spiro atoms. The summed E-state index contributed by atoms with van der Waals surface area (Å²) < 4.78 is 9.96. The second-order valence-corrected chi connectivity index (χ2v) is 3.11. The number of carbonyl (C=O) groups excluding carboxylic acids is 1. The first-order valence-electron chi connectivity index (χ1n) is 3.94. The number of methoxy groups -OCH3 is 1. The van der Waals surface area contributed by atoms with Gasteiger partial charge in [-0.2, -0.15) is 0 Å². The Kier molecular flexibility index (Phi) is 3.99. The van der Waals surface area contributed by atoms with E-state index in [0.717, 1.165) is 5.76 Å². The number of ether oxygens (including phenoxy) is 1. The Bertz CT molecular complexity index is 256. The number of furan rings is 1. The van der Waals surface area contributed by atoms with Gasteiger partial charge in [0.2, 0.25) is 5.24 Å². The Morgan fingerprint density at radius 3 is 3.00 bits per heavy atom. The zero-order chi connectivity index (χ0) is 9.68. The number of halogens is 1. The van der Waals surface area contributed by atoms with E-state index in [0.29, 0.717) is 13.0 Å². The van der Waals surface area contributed by atoms with Gasteiger partial charge in [-0.15, -0.1) is 0 Å². The summed E-state index contributed by atoms with van der Waals surface area (Å²) in [6, 6.07) is 3.58. The third-order valence-electron chi connectivity index (χ3n) is 1.72. The van der Waals surface area contributed by atoms with Gasteiger partial charge in [0.1, 0.15) is 5.76 Å². The lowest BCUT2D eigenvalue weighted by Crippen LogP contribution is -2.17. The van der Waals surface area contributed by atoms with Crippen molar-refractivity contribution in [3.8, 4) is 0 Å². The predicted octanol–water partition coefficient (Wildman–Crippen LogP) is 1.85. The molecule has 1 aromatic rings. The normalized spacial score (nSPS) is 12.8. The Hall–Kier alpha value is -0.800. The van der Waals surface area contributed by atoms with Crippen molar-refractivity contribution in [3.05, 3.63) is 24.2 Å². The highest BCUT2D eigenvalue weighted by Gasteiger charge is 2.17. The molecule has 0 saturated heterocycles. The number of hydrogen-bond acceptors (Lipinski definition) is 3. The van der Waals surface area contributed by atoms with Crippen LogP contribution in [0.4, 0.5) is 0 Å². The van der Waals surface area contributed by atoms with Crippen LogP contribution >= 0.6 is 11.6 Å². The smallest absolute Gasteiger partial charge is 0.227 e. The van der Waals surface area contributed by atoms with E-state index in [1.165, 1.54) is 7.11 Å². The van der Waals surface area contributed by atoms with Gasteiger partial charge in [0, 0.05) is 13.5 Å². The van der Waals surface area contributed by atoms with Gasteiger partial charge in [-0.3, -0.25) is 4.79 Å². The van der Waals surface area contributed by atoms with E-state index >= 15 is 0 Å². The van der Waals surface area contributed by atoms with Crippen molar-refractivity contribution in [2.45, 2.75) is 6.42 Å². The van der Waals surface area contributed by atoms with Crippen LogP contribution in [0, 0.1) is 5.92 Å². The molecule has 0 aliphatic heterocycles. The minimum atomic E-state index is -0.391. The standard InChI is InChI=1S/C9H11ClO3/c1-12-6-7(9(10)11)5-8-3-2-4-13-8/h2-4,7H,5-6H2,1H3. The molecule has 0 saturated carbocycles. The van der Waals surface area contributed by atoms with Crippen LogP contribution in [-0.4, -0.2) is 19.0 Å². The van der Waals surface area contributed by atoms with Gasteiger partial charge >= 0.3 is 0 Å². The van der Waals surface area contributed by atoms with Crippen LogP contribution < -0.4 is 0 Å². The highest BCUT2D eigenvalue weighted by atomic mass is 35.5. The van der Waals surface area contributed by atoms with Gasteiger partial charge in [-0.25, -0.2) is 0 Å². The molecule has 72 valence electrons. The molecule has 13 heavy (non-hydrogen) atoms. The number of hydrogen-bond donors (Lipinski definition) is 0. The fraction of sp³-hybridized carbons (Fsp3) is 0.444. The summed E-state index contributed by atoms with van der Waals surface area (Å²) in [7, 11) is 1.54. The molecule has 1 aromatic heterocycles. The molecule has 0 radical (unpaired) electrons. The van der Waals surface area contributed by atoms with Crippen LogP contribution in [-0.2, 0) is 16.0 Å². The predicted molar refractivity (Wildman–Crippen MR) is 48.6 cm³/mol. The summed E-state index contributed by atoms with van der Waals surface area (Å²) in [6.45, 7) is 0.322. The van der Waals surface area contributed by atoms with E-state index in [1.54, 1.807) is 12.3 Å². The minimum absolute atomic E-state index is 0.321. The van der Waals surface area contributed by atoms with Crippen LogP contribution in [0.2, 0.25) is 0 Å². The van der Waals surface area contributed by atoms with Crippen molar-refractivity contribution in [3.63, 3.8) is 0 Å². The van der Waals surface area contributed by atoms with Crippen LogP contribution in [0.1, 0.15) is 5.76 Å². The first-order valence-corrected chi connectivity index (χ1v) is 4.32. The van der Waals surface area contributed by atoms with E-state index < -0.39 is 5.24 Å². The van der Waals surface area contributed by atoms with E-state index in [1.807, 2.05) is 6.07 Å². The van der Waals surface area contributed by atoms with E-state index in [2.05, 4.69) is 0 Å². The molecule has 0 N–H and O–H groups in total. The molecule has 1 heterocycles.